The zero-order valence-electron chi connectivity index (χ0n) is 14.4. The van der Waals surface area contributed by atoms with E-state index in [9.17, 15) is 19.8 Å². The van der Waals surface area contributed by atoms with Gasteiger partial charge in [0.2, 0.25) is 0 Å². The van der Waals surface area contributed by atoms with Gasteiger partial charge in [0.1, 0.15) is 0 Å². The molecule has 0 heterocycles. The Kier molecular flexibility index (Phi) is 3.85. The smallest absolute Gasteiger partial charge is 0.331 e. The van der Waals surface area contributed by atoms with E-state index in [1.807, 2.05) is 13.8 Å². The molecule has 0 bridgehead atoms. The molecular weight excluding hydrogens is 292 g/mol. The molecule has 23 heavy (non-hydrogen) atoms. The van der Waals surface area contributed by atoms with E-state index < -0.39 is 17.4 Å². The summed E-state index contributed by atoms with van der Waals surface area (Å²) in [6.07, 6.45) is 6.19. The van der Waals surface area contributed by atoms with Gasteiger partial charge >= 0.3 is 11.9 Å². The number of carboxylic acids is 2. The van der Waals surface area contributed by atoms with Crippen LogP contribution in [0.4, 0.5) is 0 Å². The number of hydrogen-bond acceptors (Lipinski definition) is 2. The molecule has 0 aromatic heterocycles. The van der Waals surface area contributed by atoms with Crippen LogP contribution in [0, 0.1) is 28.6 Å². The number of carboxylic acid groups (broad SMARTS) is 2. The predicted octanol–water partition coefficient (Wildman–Crippen LogP) is 4.10. The van der Waals surface area contributed by atoms with E-state index in [1.54, 1.807) is 0 Å². The topological polar surface area (TPSA) is 74.6 Å². The molecule has 128 valence electrons. The highest BCUT2D eigenvalue weighted by Gasteiger charge is 2.58. The summed E-state index contributed by atoms with van der Waals surface area (Å²) in [7, 11) is 0. The molecule has 0 unspecified atom stereocenters. The molecule has 3 aliphatic rings. The number of hydrogen-bond donors (Lipinski definition) is 2. The van der Waals surface area contributed by atoms with E-state index in [0.717, 1.165) is 50.5 Å². The molecule has 2 fully saturated rings. The quantitative estimate of drug-likeness (QED) is 0.803. The Morgan fingerprint density at radius 3 is 2.39 bits per heavy atom. The monoisotopic (exact) mass is 320 g/mol. The van der Waals surface area contributed by atoms with Gasteiger partial charge in [-0.1, -0.05) is 25.8 Å². The van der Waals surface area contributed by atoms with E-state index in [-0.39, 0.29) is 23.2 Å². The first-order valence-corrected chi connectivity index (χ1v) is 8.91. The Labute approximate surface area is 138 Å². The molecule has 5 atom stereocenters. The lowest BCUT2D eigenvalue weighted by Gasteiger charge is -2.58. The number of aliphatic carboxylic acids is 2. The van der Waals surface area contributed by atoms with Crippen molar-refractivity contribution in [3.05, 3.63) is 11.1 Å². The van der Waals surface area contributed by atoms with Gasteiger partial charge in [0.05, 0.1) is 5.41 Å². The van der Waals surface area contributed by atoms with Crippen molar-refractivity contribution in [1.82, 2.24) is 0 Å². The van der Waals surface area contributed by atoms with Crippen LogP contribution in [0.3, 0.4) is 0 Å². The van der Waals surface area contributed by atoms with Crippen LogP contribution in [0.2, 0.25) is 0 Å². The Hall–Kier alpha value is -1.32. The first-order chi connectivity index (χ1) is 10.7. The highest BCUT2D eigenvalue weighted by Crippen LogP contribution is 2.63. The maximum absolute atomic E-state index is 12.0. The van der Waals surface area contributed by atoms with Crippen molar-refractivity contribution in [2.45, 2.75) is 65.7 Å². The SMILES string of the molecule is C[C@H]1CC[C@H]2C(=C1C(=O)O)CC[C@@H]1[C@]2(C)CCC[C@@]1(C)C(=O)O. The van der Waals surface area contributed by atoms with Crippen molar-refractivity contribution in [2.24, 2.45) is 28.6 Å². The van der Waals surface area contributed by atoms with E-state index in [0.29, 0.717) is 5.57 Å². The molecule has 0 spiro atoms. The maximum Gasteiger partial charge on any atom is 0.331 e. The van der Waals surface area contributed by atoms with Crippen molar-refractivity contribution in [1.29, 1.82) is 0 Å². The van der Waals surface area contributed by atoms with Crippen LogP contribution in [0.1, 0.15) is 65.7 Å². The summed E-state index contributed by atoms with van der Waals surface area (Å²) in [5.74, 6) is -0.922. The van der Waals surface area contributed by atoms with Crippen LogP contribution in [-0.4, -0.2) is 22.2 Å². The van der Waals surface area contributed by atoms with Crippen LogP contribution in [0.5, 0.6) is 0 Å². The molecule has 3 rings (SSSR count). The lowest BCUT2D eigenvalue weighted by atomic mass is 9.45. The van der Waals surface area contributed by atoms with Gasteiger partial charge in [-0.2, -0.15) is 0 Å². The Morgan fingerprint density at radius 2 is 1.78 bits per heavy atom. The van der Waals surface area contributed by atoms with Crippen LogP contribution >= 0.6 is 0 Å². The third-order valence-electron chi connectivity index (χ3n) is 7.34. The first-order valence-electron chi connectivity index (χ1n) is 8.91. The minimum Gasteiger partial charge on any atom is -0.481 e. The second-order valence-electron chi connectivity index (χ2n) is 8.45. The maximum atomic E-state index is 12.0. The van der Waals surface area contributed by atoms with Gasteiger partial charge in [0, 0.05) is 5.57 Å². The fourth-order valence-electron chi connectivity index (χ4n) is 6.16. The van der Waals surface area contributed by atoms with Gasteiger partial charge in [-0.25, -0.2) is 4.79 Å². The van der Waals surface area contributed by atoms with Gasteiger partial charge in [-0.15, -0.1) is 0 Å². The van der Waals surface area contributed by atoms with Crippen LogP contribution in [0.15, 0.2) is 11.1 Å². The van der Waals surface area contributed by atoms with E-state index in [1.165, 1.54) is 0 Å². The van der Waals surface area contributed by atoms with Crippen molar-refractivity contribution >= 4 is 11.9 Å². The fourth-order valence-corrected chi connectivity index (χ4v) is 6.16. The molecule has 2 saturated carbocycles. The van der Waals surface area contributed by atoms with E-state index in [4.69, 9.17) is 0 Å². The van der Waals surface area contributed by atoms with E-state index >= 15 is 0 Å². The van der Waals surface area contributed by atoms with Crippen molar-refractivity contribution in [3.8, 4) is 0 Å². The zero-order valence-corrected chi connectivity index (χ0v) is 14.4. The highest BCUT2D eigenvalue weighted by atomic mass is 16.4. The Bertz CT molecular complexity index is 578. The lowest BCUT2D eigenvalue weighted by Crippen LogP contribution is -2.54. The van der Waals surface area contributed by atoms with Crippen molar-refractivity contribution in [3.63, 3.8) is 0 Å². The largest absolute Gasteiger partial charge is 0.481 e. The van der Waals surface area contributed by atoms with Gasteiger partial charge < -0.3 is 10.2 Å². The van der Waals surface area contributed by atoms with Crippen molar-refractivity contribution < 1.29 is 19.8 Å². The minimum atomic E-state index is -0.768. The third kappa shape index (κ3) is 2.25. The summed E-state index contributed by atoms with van der Waals surface area (Å²) < 4.78 is 0. The third-order valence-corrected chi connectivity index (χ3v) is 7.34. The first kappa shape index (κ1) is 16.5. The highest BCUT2D eigenvalue weighted by molar-refractivity contribution is 5.88. The van der Waals surface area contributed by atoms with Crippen LogP contribution in [-0.2, 0) is 9.59 Å². The fraction of sp³-hybridized carbons (Fsp3) is 0.789. The standard InChI is InChI=1S/C19H28O4/c1-11-5-7-13-12(15(11)16(20)21)6-8-14-18(13,2)9-4-10-19(14,3)17(22)23/h11,13-14H,4-10H2,1-3H3,(H,20,21)(H,22,23)/t11-,13-,14+,18+,19+/m0/s1. The summed E-state index contributed by atoms with van der Waals surface area (Å²) >= 11 is 0. The van der Waals surface area contributed by atoms with Crippen molar-refractivity contribution in [2.75, 3.05) is 0 Å². The average molecular weight is 320 g/mol. The zero-order chi connectivity index (χ0) is 17.0. The number of allylic oxidation sites excluding steroid dienone is 1. The lowest BCUT2D eigenvalue weighted by molar-refractivity contribution is -0.164. The molecule has 0 aliphatic heterocycles. The van der Waals surface area contributed by atoms with Crippen LogP contribution in [0.25, 0.3) is 0 Å². The molecule has 0 amide bonds. The Morgan fingerprint density at radius 1 is 1.09 bits per heavy atom. The molecule has 4 heteroatoms. The second kappa shape index (κ2) is 5.35. The molecule has 4 nitrogen and oxygen atoms in total. The summed E-state index contributed by atoms with van der Waals surface area (Å²) in [5.41, 5.74) is 1.03. The molecule has 0 aromatic carbocycles. The Balaban J connectivity index is 2.07. The van der Waals surface area contributed by atoms with E-state index in [2.05, 4.69) is 6.92 Å². The molecule has 3 aliphatic carbocycles. The number of fused-ring (bicyclic) bond motifs is 3. The predicted molar refractivity (Wildman–Crippen MR) is 87.0 cm³/mol. The normalized spacial score (nSPS) is 43.5. The molecule has 0 radical (unpaired) electrons. The minimum absolute atomic E-state index is 0.0696. The molecule has 2 N–H and O–H groups in total. The van der Waals surface area contributed by atoms with Gasteiger partial charge in [-0.3, -0.25) is 4.79 Å². The molecule has 0 saturated heterocycles. The summed E-state index contributed by atoms with van der Waals surface area (Å²) in [5, 5.41) is 19.5. The summed E-state index contributed by atoms with van der Waals surface area (Å²) in [6.45, 7) is 6.16. The molecule has 0 aromatic rings. The number of carbonyl (C=O) groups is 2. The van der Waals surface area contributed by atoms with Gasteiger partial charge in [0.15, 0.2) is 0 Å². The summed E-state index contributed by atoms with van der Waals surface area (Å²) in [6, 6.07) is 0. The molecular formula is C19H28O4. The summed E-state index contributed by atoms with van der Waals surface area (Å²) in [4.78, 5) is 23.7. The van der Waals surface area contributed by atoms with Gasteiger partial charge in [0.25, 0.3) is 0 Å². The second-order valence-corrected chi connectivity index (χ2v) is 8.45. The number of rotatable bonds is 2. The average Bonchev–Trinajstić information content (AvgIpc) is 2.45. The van der Waals surface area contributed by atoms with Crippen LogP contribution < -0.4 is 0 Å². The van der Waals surface area contributed by atoms with Gasteiger partial charge in [-0.05, 0) is 68.6 Å².